The molecule has 0 fully saturated rings. The van der Waals surface area contributed by atoms with E-state index in [2.05, 4.69) is 57.4 Å². The van der Waals surface area contributed by atoms with Crippen molar-refractivity contribution in [2.45, 2.75) is 71.3 Å². The van der Waals surface area contributed by atoms with E-state index in [0.717, 1.165) is 36.2 Å². The van der Waals surface area contributed by atoms with Crippen LogP contribution in [0.5, 0.6) is 5.75 Å². The zero-order valence-corrected chi connectivity index (χ0v) is 21.1. The number of carbonyl (C=O) groups is 1. The molecule has 4 heteroatoms. The predicted octanol–water partition coefficient (Wildman–Crippen LogP) is 6.57. The van der Waals surface area contributed by atoms with Crippen LogP contribution in [0.3, 0.4) is 0 Å². The summed E-state index contributed by atoms with van der Waals surface area (Å²) in [5.74, 6) is 0.778. The highest BCUT2D eigenvalue weighted by Crippen LogP contribution is 2.21. The Balaban J connectivity index is 1.60. The highest BCUT2D eigenvalue weighted by molar-refractivity contribution is 5.69. The molecule has 0 spiro atoms. The van der Waals surface area contributed by atoms with Gasteiger partial charge in [-0.05, 0) is 24.5 Å². The van der Waals surface area contributed by atoms with Crippen molar-refractivity contribution in [3.05, 3.63) is 65.7 Å². The Hall–Kier alpha value is -2.33. The van der Waals surface area contributed by atoms with E-state index in [1.807, 2.05) is 18.2 Å². The molecule has 2 rings (SSSR count). The maximum absolute atomic E-state index is 12.1. The fourth-order valence-corrected chi connectivity index (χ4v) is 4.13. The Morgan fingerprint density at radius 3 is 2.30 bits per heavy atom. The Bertz CT molecular complexity index is 788. The van der Waals surface area contributed by atoms with Gasteiger partial charge in [-0.2, -0.15) is 0 Å². The molecular weight excluding hydrogens is 410 g/mol. The molecule has 0 saturated heterocycles. The van der Waals surface area contributed by atoms with Gasteiger partial charge in [-0.1, -0.05) is 87.6 Å². The summed E-state index contributed by atoms with van der Waals surface area (Å²) in [6.45, 7) is 4.84. The second-order valence-electron chi connectivity index (χ2n) is 9.60. The number of carbonyl (C=O) groups excluding carboxylic acids is 1. The summed E-state index contributed by atoms with van der Waals surface area (Å²) in [7, 11) is 4.41. The quantitative estimate of drug-likeness (QED) is 0.154. The zero-order valence-electron chi connectivity index (χ0n) is 21.1. The zero-order chi connectivity index (χ0) is 23.8. The third kappa shape index (κ3) is 11.9. The van der Waals surface area contributed by atoms with E-state index in [4.69, 9.17) is 9.47 Å². The number of benzene rings is 2. The minimum absolute atomic E-state index is 0.140. The number of rotatable bonds is 17. The second-order valence-corrected chi connectivity index (χ2v) is 9.60. The highest BCUT2D eigenvalue weighted by Gasteiger charge is 2.16. The fraction of sp³-hybridized carbons (Fsp3) is 0.552. The average Bonchev–Trinajstić information content (AvgIpc) is 2.80. The van der Waals surface area contributed by atoms with Crippen LogP contribution >= 0.6 is 0 Å². The van der Waals surface area contributed by atoms with E-state index < -0.39 is 0 Å². The summed E-state index contributed by atoms with van der Waals surface area (Å²) in [5.41, 5.74) is 2.57. The van der Waals surface area contributed by atoms with Gasteiger partial charge in [-0.25, -0.2) is 0 Å². The number of esters is 1. The Morgan fingerprint density at radius 1 is 0.818 bits per heavy atom. The molecule has 0 radical (unpaired) electrons. The molecule has 182 valence electrons. The predicted molar refractivity (Wildman–Crippen MR) is 136 cm³/mol. The van der Waals surface area contributed by atoms with Crippen LogP contribution < -0.4 is 4.74 Å². The first kappa shape index (κ1) is 26.9. The van der Waals surface area contributed by atoms with Crippen LogP contribution in [0.1, 0.15) is 69.4 Å². The molecule has 0 aromatic heterocycles. The molecule has 0 aliphatic heterocycles. The molecule has 0 heterocycles. The average molecular weight is 455 g/mol. The lowest BCUT2D eigenvalue weighted by Crippen LogP contribution is -2.39. The number of nitrogens with zero attached hydrogens (tertiary/aromatic N) is 1. The van der Waals surface area contributed by atoms with Gasteiger partial charge in [0.05, 0.1) is 27.1 Å². The normalized spacial score (nSPS) is 11.4. The molecule has 0 atom stereocenters. The molecule has 0 N–H and O–H groups in total. The Kier molecular flexibility index (Phi) is 12.6. The molecule has 0 aliphatic rings. The smallest absolute Gasteiger partial charge is 0.306 e. The molecule has 4 nitrogen and oxygen atoms in total. The van der Waals surface area contributed by atoms with E-state index in [-0.39, 0.29) is 5.97 Å². The van der Waals surface area contributed by atoms with Crippen molar-refractivity contribution >= 4 is 5.97 Å². The first-order valence-corrected chi connectivity index (χ1v) is 12.7. The van der Waals surface area contributed by atoms with Gasteiger partial charge in [0.2, 0.25) is 0 Å². The van der Waals surface area contributed by atoms with Crippen molar-refractivity contribution in [3.63, 3.8) is 0 Å². The summed E-state index contributed by atoms with van der Waals surface area (Å²) in [6.07, 6.45) is 10.0. The minimum Gasteiger partial charge on any atom is -0.490 e. The Morgan fingerprint density at radius 2 is 1.52 bits per heavy atom. The van der Waals surface area contributed by atoms with Gasteiger partial charge in [0, 0.05) is 12.0 Å². The maximum Gasteiger partial charge on any atom is 0.306 e. The number of aryl methyl sites for hydroxylation is 1. The second kappa shape index (κ2) is 15.5. The van der Waals surface area contributed by atoms with E-state index in [1.165, 1.54) is 49.7 Å². The number of unbranched alkanes of at least 4 members (excludes halogenated alkanes) is 5. The molecule has 0 unspecified atom stereocenters. The topological polar surface area (TPSA) is 35.5 Å². The summed E-state index contributed by atoms with van der Waals surface area (Å²) in [6, 6.07) is 18.7. The fourth-order valence-electron chi connectivity index (χ4n) is 4.13. The van der Waals surface area contributed by atoms with Gasteiger partial charge in [-0.15, -0.1) is 0 Å². The van der Waals surface area contributed by atoms with Crippen LogP contribution in [-0.4, -0.2) is 44.3 Å². The molecule has 33 heavy (non-hydrogen) atoms. The molecule has 0 bridgehead atoms. The van der Waals surface area contributed by atoms with Gasteiger partial charge in [0.15, 0.2) is 0 Å². The van der Waals surface area contributed by atoms with E-state index in [9.17, 15) is 4.79 Å². The van der Waals surface area contributed by atoms with Crippen molar-refractivity contribution in [2.75, 3.05) is 33.9 Å². The van der Waals surface area contributed by atoms with Crippen LogP contribution in [0.25, 0.3) is 0 Å². The van der Waals surface area contributed by atoms with Crippen molar-refractivity contribution in [2.24, 2.45) is 0 Å². The molecular formula is C29H44NO3+. The summed E-state index contributed by atoms with van der Waals surface area (Å²) in [4.78, 5) is 12.1. The third-order valence-corrected chi connectivity index (χ3v) is 5.97. The third-order valence-electron chi connectivity index (χ3n) is 5.97. The lowest BCUT2D eigenvalue weighted by atomic mass is 10.0. The van der Waals surface area contributed by atoms with Gasteiger partial charge in [0.1, 0.15) is 25.5 Å². The maximum atomic E-state index is 12.1. The number of quaternary nitrogens is 1. The number of hydrogen-bond acceptors (Lipinski definition) is 3. The van der Waals surface area contributed by atoms with Crippen molar-refractivity contribution < 1.29 is 18.8 Å². The van der Waals surface area contributed by atoms with Gasteiger partial charge in [-0.3, -0.25) is 4.79 Å². The Labute approximate surface area is 201 Å². The van der Waals surface area contributed by atoms with Crippen molar-refractivity contribution in [1.82, 2.24) is 0 Å². The summed E-state index contributed by atoms with van der Waals surface area (Å²) in [5, 5.41) is 0. The molecule has 0 saturated carbocycles. The lowest BCUT2D eigenvalue weighted by Gasteiger charge is -2.29. The summed E-state index contributed by atoms with van der Waals surface area (Å²) >= 11 is 0. The number of ether oxygens (including phenoxy) is 2. The minimum atomic E-state index is -0.140. The van der Waals surface area contributed by atoms with Crippen LogP contribution in [0.2, 0.25) is 0 Å². The van der Waals surface area contributed by atoms with E-state index in [1.54, 1.807) is 0 Å². The highest BCUT2D eigenvalue weighted by atomic mass is 16.6. The van der Waals surface area contributed by atoms with E-state index >= 15 is 0 Å². The van der Waals surface area contributed by atoms with Crippen molar-refractivity contribution in [3.8, 4) is 5.75 Å². The monoisotopic (exact) mass is 454 g/mol. The van der Waals surface area contributed by atoms with Gasteiger partial charge in [0.25, 0.3) is 0 Å². The number of hydrogen-bond donors (Lipinski definition) is 0. The molecule has 0 aliphatic carbocycles. The molecule has 2 aromatic rings. The van der Waals surface area contributed by atoms with Crippen molar-refractivity contribution in [1.29, 1.82) is 0 Å². The standard InChI is InChI=1S/C29H44NO3/c1-4-5-6-7-8-12-18-27-19-13-14-20-28(27)32-23-24-33-29(31)21-15-22-30(2,3)25-26-16-10-9-11-17-26/h9-11,13-14,16-17,19-20H,4-8,12,15,18,21-25H2,1-3H3/q+1. The van der Waals surface area contributed by atoms with E-state index in [0.29, 0.717) is 19.6 Å². The van der Waals surface area contributed by atoms with Gasteiger partial charge >= 0.3 is 5.97 Å². The summed E-state index contributed by atoms with van der Waals surface area (Å²) < 4.78 is 12.2. The first-order chi connectivity index (χ1) is 16.0. The van der Waals surface area contributed by atoms with Gasteiger partial charge < -0.3 is 14.0 Å². The SMILES string of the molecule is CCCCCCCCc1ccccc1OCCOC(=O)CCC[N+](C)(C)Cc1ccccc1. The molecule has 0 amide bonds. The largest absolute Gasteiger partial charge is 0.490 e. The first-order valence-electron chi connectivity index (χ1n) is 12.7. The lowest BCUT2D eigenvalue weighted by molar-refractivity contribution is -0.903. The van der Waals surface area contributed by atoms with Crippen LogP contribution in [0.4, 0.5) is 0 Å². The van der Waals surface area contributed by atoms with Crippen LogP contribution in [0.15, 0.2) is 54.6 Å². The molecule has 2 aromatic carbocycles. The van der Waals surface area contributed by atoms with Crippen LogP contribution in [-0.2, 0) is 22.5 Å². The number of para-hydroxylation sites is 1. The van der Waals surface area contributed by atoms with Crippen LogP contribution in [0, 0.1) is 0 Å².